The summed E-state index contributed by atoms with van der Waals surface area (Å²) in [5, 5.41) is 3.65. The molecule has 0 aliphatic rings. The number of amides is 3. The van der Waals surface area contributed by atoms with Gasteiger partial charge in [0.25, 0.3) is 0 Å². The van der Waals surface area contributed by atoms with Crippen LogP contribution in [0.4, 0.5) is 10.5 Å². The minimum atomic E-state index is -1.76. The van der Waals surface area contributed by atoms with Crippen molar-refractivity contribution in [3.05, 3.63) is 102 Å². The maximum Gasteiger partial charge on any atom is 0.357 e. The predicted molar refractivity (Wildman–Crippen MR) is 143 cm³/mol. The number of aryl methyl sites for hydroxylation is 2. The summed E-state index contributed by atoms with van der Waals surface area (Å²) in [4.78, 5) is 32.9. The van der Waals surface area contributed by atoms with Gasteiger partial charge in [-0.25, -0.2) is 4.79 Å². The molecule has 0 bridgehead atoms. The van der Waals surface area contributed by atoms with Gasteiger partial charge in [-0.05, 0) is 49.7 Å². The van der Waals surface area contributed by atoms with Gasteiger partial charge in [0.2, 0.25) is 5.91 Å². The smallest absolute Gasteiger partial charge is 0.357 e. The molecule has 1 unspecified atom stereocenters. The molecule has 3 aromatic carbocycles. The van der Waals surface area contributed by atoms with Crippen LogP contribution in [0.3, 0.4) is 0 Å². The first kappa shape index (κ1) is 25.2. The van der Waals surface area contributed by atoms with E-state index in [0.717, 1.165) is 27.7 Å². The predicted octanol–water partition coefficient (Wildman–Crippen LogP) is 4.45. The van der Waals surface area contributed by atoms with Gasteiger partial charge < -0.3 is 14.8 Å². The molecule has 2 atom stereocenters. The van der Waals surface area contributed by atoms with E-state index in [4.69, 9.17) is 0 Å². The van der Waals surface area contributed by atoms with E-state index in [1.165, 1.54) is 4.90 Å². The van der Waals surface area contributed by atoms with Crippen molar-refractivity contribution in [2.24, 2.45) is 0 Å². The molecule has 0 aliphatic carbocycles. The summed E-state index contributed by atoms with van der Waals surface area (Å²) < 4.78 is 15.2. The number of aromatic nitrogens is 1. The van der Waals surface area contributed by atoms with Crippen molar-refractivity contribution in [2.75, 3.05) is 11.9 Å². The largest absolute Gasteiger partial charge is 0.588 e. The Bertz CT molecular complexity index is 1380. The molecule has 4 aromatic rings. The van der Waals surface area contributed by atoms with Crippen molar-refractivity contribution >= 4 is 39.9 Å². The van der Waals surface area contributed by atoms with Crippen LogP contribution in [0.25, 0.3) is 10.9 Å². The van der Waals surface area contributed by atoms with Gasteiger partial charge in [-0.3, -0.25) is 9.78 Å². The van der Waals surface area contributed by atoms with E-state index in [2.05, 4.69) is 15.0 Å². The highest BCUT2D eigenvalue weighted by atomic mass is 32.2. The molecule has 0 aliphatic heterocycles. The van der Waals surface area contributed by atoms with E-state index < -0.39 is 23.4 Å². The summed E-state index contributed by atoms with van der Waals surface area (Å²) >= 11 is -1.76. The highest BCUT2D eigenvalue weighted by Gasteiger charge is 2.27. The topological polar surface area (TPSA) is 97.4 Å². The normalized spacial score (nSPS) is 12.6. The molecular formula is C28H28N4O3S. The number of hydrogen-bond donors (Lipinski definition) is 2. The summed E-state index contributed by atoms with van der Waals surface area (Å²) in [5.74, 6) is -0.296. The maximum atomic E-state index is 13.6. The number of anilines is 1. The maximum absolute atomic E-state index is 13.6. The fourth-order valence-electron chi connectivity index (χ4n) is 3.93. The average molecular weight is 501 g/mol. The summed E-state index contributed by atoms with van der Waals surface area (Å²) in [6, 6.07) is 24.5. The molecule has 36 heavy (non-hydrogen) atoms. The van der Waals surface area contributed by atoms with Crippen LogP contribution in [0.5, 0.6) is 0 Å². The molecular weight excluding hydrogens is 472 g/mol. The van der Waals surface area contributed by atoms with Crippen LogP contribution in [0, 0.1) is 13.8 Å². The number of nitrogens with zero attached hydrogens (tertiary/aromatic N) is 2. The average Bonchev–Trinajstić information content (AvgIpc) is 2.88. The van der Waals surface area contributed by atoms with Gasteiger partial charge in [0, 0.05) is 35.8 Å². The van der Waals surface area contributed by atoms with Crippen LogP contribution in [0.1, 0.15) is 16.8 Å². The molecule has 0 fully saturated rings. The first-order valence-corrected chi connectivity index (χ1v) is 12.7. The summed E-state index contributed by atoms with van der Waals surface area (Å²) in [6.45, 7) is 3.75. The Kier molecular flexibility index (Phi) is 7.87. The molecule has 8 heteroatoms. The Morgan fingerprint density at radius 1 is 0.972 bits per heavy atom. The lowest BCUT2D eigenvalue weighted by atomic mass is 10.0. The van der Waals surface area contributed by atoms with Crippen LogP contribution < -0.4 is 14.9 Å². The second kappa shape index (κ2) is 11.2. The number of nitrogens with one attached hydrogen (secondary N) is 2. The number of likely N-dealkylation sites (N-methyl/N-ethyl adjacent to an activating group) is 1. The molecule has 7 nitrogen and oxygen atoms in total. The van der Waals surface area contributed by atoms with Crippen LogP contribution in [-0.2, 0) is 22.6 Å². The second-order valence-electron chi connectivity index (χ2n) is 8.58. The zero-order chi connectivity index (χ0) is 25.7. The van der Waals surface area contributed by atoms with Crippen molar-refractivity contribution in [3.63, 3.8) is 0 Å². The number of pyridine rings is 1. The molecule has 2 N–H and O–H groups in total. The van der Waals surface area contributed by atoms with Gasteiger partial charge in [-0.1, -0.05) is 54.6 Å². The molecule has 4 rings (SSSR count). The monoisotopic (exact) mass is 500 g/mol. The first-order chi connectivity index (χ1) is 17.3. The quantitative estimate of drug-likeness (QED) is 0.367. The number of urea groups is 1. The van der Waals surface area contributed by atoms with Crippen molar-refractivity contribution in [3.8, 4) is 0 Å². The molecule has 3 amide bonds. The highest BCUT2D eigenvalue weighted by Crippen LogP contribution is 2.22. The number of carbonyl (C=O) groups is 2. The van der Waals surface area contributed by atoms with Crippen molar-refractivity contribution < 1.29 is 14.1 Å². The molecule has 0 radical (unpaired) electrons. The zero-order valence-electron chi connectivity index (χ0n) is 20.4. The van der Waals surface area contributed by atoms with E-state index >= 15 is 0 Å². The minimum Gasteiger partial charge on any atom is -0.588 e. The van der Waals surface area contributed by atoms with E-state index in [0.29, 0.717) is 10.6 Å². The Morgan fingerprint density at radius 2 is 1.69 bits per heavy atom. The minimum absolute atomic E-state index is 0.281. The number of benzene rings is 3. The van der Waals surface area contributed by atoms with Crippen LogP contribution in [0.15, 0.2) is 89.8 Å². The van der Waals surface area contributed by atoms with Crippen molar-refractivity contribution in [1.82, 2.24) is 15.0 Å². The highest BCUT2D eigenvalue weighted by molar-refractivity contribution is 7.90. The Hall–Kier alpha value is -3.88. The third kappa shape index (κ3) is 6.02. The van der Waals surface area contributed by atoms with Crippen LogP contribution in [0.2, 0.25) is 0 Å². The fraction of sp³-hybridized carbons (Fsp3) is 0.179. The summed E-state index contributed by atoms with van der Waals surface area (Å²) in [6.07, 6.45) is 0.281. The third-order valence-electron chi connectivity index (χ3n) is 5.89. The lowest BCUT2D eigenvalue weighted by molar-refractivity contribution is -0.120. The zero-order valence-corrected chi connectivity index (χ0v) is 21.2. The van der Waals surface area contributed by atoms with Crippen LogP contribution in [-0.4, -0.2) is 34.6 Å². The number of hydrogen-bond acceptors (Lipinski definition) is 4. The van der Waals surface area contributed by atoms with Gasteiger partial charge >= 0.3 is 6.03 Å². The van der Waals surface area contributed by atoms with Crippen molar-refractivity contribution in [2.45, 2.75) is 31.2 Å². The number of rotatable bonds is 7. The van der Waals surface area contributed by atoms with E-state index in [1.54, 1.807) is 19.2 Å². The van der Waals surface area contributed by atoms with E-state index in [9.17, 15) is 14.1 Å². The van der Waals surface area contributed by atoms with E-state index in [1.807, 2.05) is 86.6 Å². The van der Waals surface area contributed by atoms with E-state index in [-0.39, 0.29) is 12.3 Å². The molecule has 184 valence electrons. The Morgan fingerprint density at radius 3 is 2.44 bits per heavy atom. The SMILES string of the molecule is Cc1ccc2cc(N(C)C(=O)[C@H](Cc3ccccc3)NC(=O)N[S+]([O-])c3ccccc3C)ccc2n1. The molecule has 1 aromatic heterocycles. The van der Waals surface area contributed by atoms with Crippen molar-refractivity contribution in [1.29, 1.82) is 0 Å². The summed E-state index contributed by atoms with van der Waals surface area (Å²) in [7, 11) is 1.67. The molecule has 1 heterocycles. The number of fused-ring (bicyclic) bond motifs is 1. The standard InChI is InChI=1S/C28H28N4O3S/c1-19-9-7-8-12-26(19)36(35)31-28(34)30-25(17-21-10-5-4-6-11-21)27(33)32(3)23-15-16-24-22(18-23)14-13-20(2)29-24/h4-16,18,25H,17H2,1-3H3,(H2,30,31,34)/t25-,36?/m0/s1. The van der Waals surface area contributed by atoms with Gasteiger partial charge in [0.1, 0.15) is 17.4 Å². The van der Waals surface area contributed by atoms with Gasteiger partial charge in [-0.2, -0.15) is 0 Å². The second-order valence-corrected chi connectivity index (χ2v) is 9.76. The van der Waals surface area contributed by atoms with Gasteiger partial charge in [0.05, 0.1) is 5.52 Å². The first-order valence-electron chi connectivity index (χ1n) is 11.6. The van der Waals surface area contributed by atoms with Crippen LogP contribution >= 0.6 is 0 Å². The molecule has 0 saturated carbocycles. The lowest BCUT2D eigenvalue weighted by Crippen LogP contribution is -2.52. The Labute approximate surface area is 213 Å². The lowest BCUT2D eigenvalue weighted by Gasteiger charge is -2.25. The molecule has 0 spiro atoms. The van der Waals surface area contributed by atoms with Gasteiger partial charge in [0.15, 0.2) is 4.90 Å². The Balaban J connectivity index is 1.54. The summed E-state index contributed by atoms with van der Waals surface area (Å²) in [5.41, 5.74) is 4.14. The van der Waals surface area contributed by atoms with Gasteiger partial charge in [-0.15, -0.1) is 4.72 Å². The fourth-order valence-corrected chi connectivity index (χ4v) is 4.83. The number of carbonyl (C=O) groups excluding carboxylic acids is 2. The third-order valence-corrected chi connectivity index (χ3v) is 7.12. The molecule has 0 saturated heterocycles.